The van der Waals surface area contributed by atoms with Crippen LogP contribution in [0.15, 0.2) is 64.7 Å². The highest BCUT2D eigenvalue weighted by atomic mass is 79.9. The number of rotatable bonds is 7. The minimum Gasteiger partial charge on any atom is -0.497 e. The molecule has 3 rings (SSSR count). The molecule has 1 aromatic heterocycles. The van der Waals surface area contributed by atoms with Crippen LogP contribution in [-0.4, -0.2) is 36.4 Å². The van der Waals surface area contributed by atoms with Gasteiger partial charge in [0.2, 0.25) is 0 Å². The van der Waals surface area contributed by atoms with Crippen LogP contribution in [0, 0.1) is 0 Å². The Morgan fingerprint density at radius 1 is 1.24 bits per heavy atom. The number of ether oxygens (including phenoxy) is 3. The maximum Gasteiger partial charge on any atom is 0.523 e. The average Bonchev–Trinajstić information content (AvgIpc) is 2.74. The number of hydrogen-bond donors (Lipinski definition) is 2. The van der Waals surface area contributed by atoms with E-state index < -0.39 is 24.3 Å². The van der Waals surface area contributed by atoms with Gasteiger partial charge in [-0.15, -0.1) is 13.2 Å². The van der Waals surface area contributed by atoms with Crippen molar-refractivity contribution in [1.82, 2.24) is 4.98 Å². The Kier molecular flexibility index (Phi) is 7.39. The number of methoxy groups -OCH3 is 1. The van der Waals surface area contributed by atoms with Crippen molar-refractivity contribution >= 4 is 33.4 Å². The topological polar surface area (TPSA) is 113 Å². The van der Waals surface area contributed by atoms with E-state index >= 15 is 0 Å². The van der Waals surface area contributed by atoms with Crippen LogP contribution < -0.4 is 15.8 Å². The summed E-state index contributed by atoms with van der Waals surface area (Å²) in [6.45, 7) is 0. The minimum atomic E-state index is -4.80. The maximum absolute atomic E-state index is 12.9. The number of nitrogens with two attached hydrogens (primary N) is 1. The third-order valence-electron chi connectivity index (χ3n) is 4.33. The number of pyridine rings is 1. The van der Waals surface area contributed by atoms with Crippen molar-refractivity contribution < 1.29 is 37.0 Å². The van der Waals surface area contributed by atoms with Gasteiger partial charge < -0.3 is 20.5 Å². The number of alkyl halides is 3. The highest BCUT2D eigenvalue weighted by Gasteiger charge is 2.34. The van der Waals surface area contributed by atoms with E-state index in [0.29, 0.717) is 4.47 Å². The van der Waals surface area contributed by atoms with Crippen molar-refractivity contribution in [3.63, 3.8) is 0 Å². The molecule has 1 aliphatic carbocycles. The monoisotopic (exact) mass is 527 g/mol. The van der Waals surface area contributed by atoms with Gasteiger partial charge in [-0.25, -0.2) is 0 Å². The number of allylic oxidation sites excluding steroid dienone is 1. The summed E-state index contributed by atoms with van der Waals surface area (Å²) in [7, 11) is 1.29. The van der Waals surface area contributed by atoms with E-state index in [1.165, 1.54) is 49.7 Å². The summed E-state index contributed by atoms with van der Waals surface area (Å²) in [5.41, 5.74) is 5.56. The predicted octanol–water partition coefficient (Wildman–Crippen LogP) is 4.30. The first kappa shape index (κ1) is 24.3. The molecular formula is C21H17BrF3N3O5. The van der Waals surface area contributed by atoms with E-state index in [0.717, 1.165) is 0 Å². The first-order chi connectivity index (χ1) is 15.6. The van der Waals surface area contributed by atoms with Crippen LogP contribution in [-0.2, 0) is 9.47 Å². The number of aromatic nitrogens is 1. The van der Waals surface area contributed by atoms with Crippen LogP contribution in [0.25, 0.3) is 0 Å². The van der Waals surface area contributed by atoms with Crippen LogP contribution >= 0.6 is 15.9 Å². The highest BCUT2D eigenvalue weighted by molar-refractivity contribution is 9.10. The van der Waals surface area contributed by atoms with Crippen molar-refractivity contribution in [2.45, 2.75) is 18.9 Å². The summed E-state index contributed by atoms with van der Waals surface area (Å²) < 4.78 is 53.2. The molecule has 0 spiro atoms. The van der Waals surface area contributed by atoms with Gasteiger partial charge in [-0.2, -0.15) is 0 Å². The lowest BCUT2D eigenvalue weighted by Gasteiger charge is -2.23. The summed E-state index contributed by atoms with van der Waals surface area (Å²) in [6.07, 6.45) is -2.51. The van der Waals surface area contributed by atoms with Gasteiger partial charge in [0.05, 0.1) is 18.8 Å². The number of anilines is 1. The molecule has 1 aromatic carbocycles. The molecule has 0 bridgehead atoms. The second-order valence-electron chi connectivity index (χ2n) is 6.65. The molecule has 1 heterocycles. The van der Waals surface area contributed by atoms with Gasteiger partial charge in [0.1, 0.15) is 17.2 Å². The van der Waals surface area contributed by atoms with Crippen molar-refractivity contribution in [3.05, 3.63) is 75.9 Å². The summed E-state index contributed by atoms with van der Waals surface area (Å²) in [5.74, 6) is -0.994. The zero-order chi connectivity index (χ0) is 24.2. The van der Waals surface area contributed by atoms with Gasteiger partial charge >= 0.3 is 6.36 Å². The van der Waals surface area contributed by atoms with Gasteiger partial charge in [0.15, 0.2) is 5.76 Å². The molecule has 0 radical (unpaired) electrons. The molecule has 0 aliphatic heterocycles. The molecule has 174 valence electrons. The molecule has 2 amide bonds. The molecule has 12 heteroatoms. The van der Waals surface area contributed by atoms with Crippen LogP contribution in [0.1, 0.15) is 27.3 Å². The number of halogens is 4. The predicted molar refractivity (Wildman–Crippen MR) is 114 cm³/mol. The van der Waals surface area contributed by atoms with E-state index in [-0.39, 0.29) is 40.6 Å². The van der Waals surface area contributed by atoms with E-state index in [1.54, 1.807) is 6.07 Å². The number of carbonyl (C=O) groups excluding carboxylic acids is 2. The Labute approximate surface area is 194 Å². The summed E-state index contributed by atoms with van der Waals surface area (Å²) in [4.78, 5) is 28.0. The van der Waals surface area contributed by atoms with Crippen LogP contribution in [0.2, 0.25) is 0 Å². The van der Waals surface area contributed by atoms with Crippen LogP contribution in [0.5, 0.6) is 5.75 Å². The fraction of sp³-hybridized carbons (Fsp3) is 0.190. The number of nitrogens with zero attached hydrogens (tertiary/aromatic N) is 1. The molecule has 1 unspecified atom stereocenters. The fourth-order valence-corrected chi connectivity index (χ4v) is 3.23. The van der Waals surface area contributed by atoms with Gasteiger partial charge in [-0.05, 0) is 36.4 Å². The minimum absolute atomic E-state index is 0.0297. The van der Waals surface area contributed by atoms with Crippen molar-refractivity contribution in [1.29, 1.82) is 0 Å². The number of benzene rings is 1. The normalized spacial score (nSPS) is 15.8. The largest absolute Gasteiger partial charge is 0.523 e. The molecule has 0 saturated carbocycles. The molecule has 3 N–H and O–H groups in total. The number of amides is 2. The van der Waals surface area contributed by atoms with E-state index in [2.05, 4.69) is 31.0 Å². The molecule has 1 atom stereocenters. The molecule has 2 aromatic rings. The molecule has 0 fully saturated rings. The first-order valence-corrected chi connectivity index (χ1v) is 10.1. The lowest BCUT2D eigenvalue weighted by Crippen LogP contribution is -2.25. The van der Waals surface area contributed by atoms with Crippen molar-refractivity contribution in [2.24, 2.45) is 5.73 Å². The summed E-state index contributed by atoms with van der Waals surface area (Å²) in [5, 5.41) is 2.62. The quantitative estimate of drug-likeness (QED) is 0.555. The number of primary amides is 1. The Hall–Kier alpha value is -3.38. The van der Waals surface area contributed by atoms with Crippen LogP contribution in [0.3, 0.4) is 0 Å². The lowest BCUT2D eigenvalue weighted by atomic mass is 10.1. The SMILES string of the molecule is COC1=C(Oc2cc(Br)ccc2C(=O)Nc2ccnc(C(N)=O)c2)C=CC(OC(F)(F)F)C1. The maximum atomic E-state index is 12.9. The molecule has 0 saturated heterocycles. The smallest absolute Gasteiger partial charge is 0.497 e. The highest BCUT2D eigenvalue weighted by Crippen LogP contribution is 2.32. The lowest BCUT2D eigenvalue weighted by molar-refractivity contribution is -0.336. The number of nitrogens with one attached hydrogen (secondary N) is 1. The Morgan fingerprint density at radius 3 is 2.67 bits per heavy atom. The number of hydrogen-bond acceptors (Lipinski definition) is 6. The Morgan fingerprint density at radius 2 is 2.00 bits per heavy atom. The number of carbonyl (C=O) groups is 2. The zero-order valence-electron chi connectivity index (χ0n) is 17.0. The summed E-state index contributed by atoms with van der Waals surface area (Å²) >= 11 is 3.30. The molecular weight excluding hydrogens is 511 g/mol. The molecule has 33 heavy (non-hydrogen) atoms. The van der Waals surface area contributed by atoms with Gasteiger partial charge in [-0.1, -0.05) is 22.0 Å². The van der Waals surface area contributed by atoms with E-state index in [1.807, 2.05) is 0 Å². The second kappa shape index (κ2) is 10.0. The third kappa shape index (κ3) is 6.56. The van der Waals surface area contributed by atoms with Gasteiger partial charge in [-0.3, -0.25) is 19.3 Å². The first-order valence-electron chi connectivity index (χ1n) is 9.30. The van der Waals surface area contributed by atoms with Crippen molar-refractivity contribution in [2.75, 3.05) is 12.4 Å². The second-order valence-corrected chi connectivity index (χ2v) is 7.56. The average molecular weight is 528 g/mol. The molecule has 1 aliphatic rings. The summed E-state index contributed by atoms with van der Waals surface area (Å²) in [6, 6.07) is 7.40. The zero-order valence-corrected chi connectivity index (χ0v) is 18.6. The Balaban J connectivity index is 1.84. The Bertz CT molecular complexity index is 1130. The standard InChI is InChI=1S/C21H17BrF3N3O5/c1-31-18-10-13(33-21(23,24)25)3-5-16(18)32-17-8-11(22)2-4-14(17)20(30)28-12-6-7-27-15(9-12)19(26)29/h2-9,13H,10H2,1H3,(H2,26,29)(H,27,28,30). The fourth-order valence-electron chi connectivity index (χ4n) is 2.89. The van der Waals surface area contributed by atoms with Gasteiger partial charge in [0.25, 0.3) is 11.8 Å². The molecule has 8 nitrogen and oxygen atoms in total. The van der Waals surface area contributed by atoms with Gasteiger partial charge in [0, 0.05) is 22.8 Å². The third-order valence-corrected chi connectivity index (χ3v) is 4.83. The van der Waals surface area contributed by atoms with E-state index in [4.69, 9.17) is 15.2 Å². The van der Waals surface area contributed by atoms with Crippen LogP contribution in [0.4, 0.5) is 18.9 Å². The van der Waals surface area contributed by atoms with Crippen molar-refractivity contribution in [3.8, 4) is 5.75 Å². The van der Waals surface area contributed by atoms with E-state index in [9.17, 15) is 22.8 Å².